The van der Waals surface area contributed by atoms with Crippen LogP contribution in [0.4, 0.5) is 8.78 Å². The summed E-state index contributed by atoms with van der Waals surface area (Å²) in [5.41, 5.74) is 2.86. The lowest BCUT2D eigenvalue weighted by Gasteiger charge is -2.34. The molecular weight excluding hydrogens is 394 g/mol. The second kappa shape index (κ2) is 10.5. The molecule has 0 aromatic heterocycles. The van der Waals surface area contributed by atoms with Gasteiger partial charge in [0.1, 0.15) is 11.6 Å². The Balaban J connectivity index is 2.23. The third-order valence-corrected chi connectivity index (χ3v) is 10.8. The normalized spacial score (nSPS) is 13.0. The molecule has 0 saturated carbocycles. The summed E-state index contributed by atoms with van der Waals surface area (Å²) in [4.78, 5) is 0. The molecule has 2 aromatic rings. The monoisotopic (exact) mass is 424 g/mol. The van der Waals surface area contributed by atoms with Gasteiger partial charge in [-0.15, -0.1) is 0 Å². The lowest BCUT2D eigenvalue weighted by atomic mass is 9.98. The number of rotatable bonds is 10. The van der Waals surface area contributed by atoms with Crippen LogP contribution in [0.25, 0.3) is 0 Å². The van der Waals surface area contributed by atoms with Gasteiger partial charge in [-0.2, -0.15) is 0 Å². The standard InChI is InChI=1S/C23H31ClF2OSi/c1-5-28(6-2,7-3)27-22(23-17(4)10-8-12-21(23)24)13-9-11-18-14-19(25)16-20(26)15-18/h8,10,12,14-16,22H,5-7,9,11,13H2,1-4H3. The molecule has 0 spiro atoms. The van der Waals surface area contributed by atoms with Crippen LogP contribution in [0.3, 0.4) is 0 Å². The molecule has 0 aliphatic carbocycles. The summed E-state index contributed by atoms with van der Waals surface area (Å²) in [6.07, 6.45) is 2.08. The Morgan fingerprint density at radius 3 is 2.14 bits per heavy atom. The van der Waals surface area contributed by atoms with E-state index in [1.807, 2.05) is 12.1 Å². The van der Waals surface area contributed by atoms with Crippen LogP contribution in [-0.4, -0.2) is 8.32 Å². The summed E-state index contributed by atoms with van der Waals surface area (Å²) in [6.45, 7) is 8.70. The van der Waals surface area contributed by atoms with Gasteiger partial charge in [-0.1, -0.05) is 44.5 Å². The summed E-state index contributed by atoms with van der Waals surface area (Å²) in [5.74, 6) is -1.06. The predicted octanol–water partition coefficient (Wildman–Crippen LogP) is 8.01. The average Bonchev–Trinajstić information content (AvgIpc) is 2.65. The summed E-state index contributed by atoms with van der Waals surface area (Å²) in [5, 5.41) is 0.730. The van der Waals surface area contributed by atoms with Crippen LogP contribution < -0.4 is 0 Å². The first-order valence-corrected chi connectivity index (χ1v) is 13.1. The number of aryl methyl sites for hydroxylation is 2. The Kier molecular flexibility index (Phi) is 8.66. The molecule has 1 nitrogen and oxygen atoms in total. The lowest BCUT2D eigenvalue weighted by Crippen LogP contribution is -2.37. The summed E-state index contributed by atoms with van der Waals surface area (Å²) in [6, 6.07) is 12.8. The molecule has 0 aliphatic rings. The Morgan fingerprint density at radius 1 is 1.00 bits per heavy atom. The zero-order valence-electron chi connectivity index (χ0n) is 17.3. The van der Waals surface area contributed by atoms with E-state index in [9.17, 15) is 8.78 Å². The maximum Gasteiger partial charge on any atom is 0.192 e. The van der Waals surface area contributed by atoms with Gasteiger partial charge in [0.25, 0.3) is 0 Å². The van der Waals surface area contributed by atoms with Crippen molar-refractivity contribution in [2.45, 2.75) is 71.2 Å². The average molecular weight is 425 g/mol. The van der Waals surface area contributed by atoms with Crippen molar-refractivity contribution in [1.29, 1.82) is 0 Å². The third kappa shape index (κ3) is 5.88. The van der Waals surface area contributed by atoms with Crippen molar-refractivity contribution in [1.82, 2.24) is 0 Å². The highest BCUT2D eigenvalue weighted by Crippen LogP contribution is 2.37. The van der Waals surface area contributed by atoms with Crippen molar-refractivity contribution in [2.75, 3.05) is 0 Å². The van der Waals surface area contributed by atoms with Crippen molar-refractivity contribution >= 4 is 19.9 Å². The molecule has 2 aromatic carbocycles. The van der Waals surface area contributed by atoms with Crippen molar-refractivity contribution in [3.05, 3.63) is 69.7 Å². The van der Waals surface area contributed by atoms with Gasteiger partial charge in [0.2, 0.25) is 0 Å². The van der Waals surface area contributed by atoms with E-state index in [1.54, 1.807) is 0 Å². The number of halogens is 3. The Labute approximate surface area is 174 Å². The maximum atomic E-state index is 13.5. The van der Waals surface area contributed by atoms with Crippen molar-refractivity contribution in [3.63, 3.8) is 0 Å². The molecule has 0 radical (unpaired) electrons. The smallest absolute Gasteiger partial charge is 0.192 e. The van der Waals surface area contributed by atoms with Gasteiger partial charge in [0.15, 0.2) is 8.32 Å². The molecule has 0 fully saturated rings. The van der Waals surface area contributed by atoms with E-state index < -0.39 is 20.0 Å². The van der Waals surface area contributed by atoms with Crippen LogP contribution >= 0.6 is 11.6 Å². The molecule has 1 atom stereocenters. The second-order valence-corrected chi connectivity index (χ2v) is 12.6. The zero-order valence-corrected chi connectivity index (χ0v) is 19.1. The first-order chi connectivity index (χ1) is 13.3. The van der Waals surface area contributed by atoms with Crippen LogP contribution in [0.2, 0.25) is 23.2 Å². The fraction of sp³-hybridized carbons (Fsp3) is 0.478. The minimum Gasteiger partial charge on any atom is -0.410 e. The summed E-state index contributed by atoms with van der Waals surface area (Å²) < 4.78 is 33.8. The molecule has 28 heavy (non-hydrogen) atoms. The van der Waals surface area contributed by atoms with Crippen molar-refractivity contribution in [3.8, 4) is 0 Å². The molecule has 0 bridgehead atoms. The highest BCUT2D eigenvalue weighted by molar-refractivity contribution is 6.73. The molecule has 1 unspecified atom stereocenters. The van der Waals surface area contributed by atoms with Crippen LogP contribution in [0.5, 0.6) is 0 Å². The van der Waals surface area contributed by atoms with Crippen molar-refractivity contribution in [2.24, 2.45) is 0 Å². The first-order valence-electron chi connectivity index (χ1n) is 10.2. The highest BCUT2D eigenvalue weighted by Gasteiger charge is 2.33. The molecule has 154 valence electrons. The van der Waals surface area contributed by atoms with Crippen molar-refractivity contribution < 1.29 is 13.2 Å². The molecule has 0 heterocycles. The van der Waals surface area contributed by atoms with Gasteiger partial charge >= 0.3 is 0 Å². The molecule has 0 aliphatic heterocycles. The molecular formula is C23H31ClF2OSi. The van der Waals surface area contributed by atoms with Gasteiger partial charge in [0, 0.05) is 16.7 Å². The summed E-state index contributed by atoms with van der Waals surface area (Å²) in [7, 11) is -1.83. The number of benzene rings is 2. The lowest BCUT2D eigenvalue weighted by molar-refractivity contribution is 0.176. The minimum absolute atomic E-state index is 0.0846. The quantitative estimate of drug-likeness (QED) is 0.351. The summed E-state index contributed by atoms with van der Waals surface area (Å²) >= 11 is 6.56. The molecule has 0 saturated heterocycles. The van der Waals surface area contributed by atoms with Crippen LogP contribution in [0.15, 0.2) is 36.4 Å². The molecule has 0 amide bonds. The molecule has 2 rings (SSSR count). The Morgan fingerprint density at radius 2 is 1.61 bits per heavy atom. The van der Waals surface area contributed by atoms with Gasteiger partial charge in [-0.25, -0.2) is 8.78 Å². The molecule has 5 heteroatoms. The van der Waals surface area contributed by atoms with E-state index in [-0.39, 0.29) is 6.10 Å². The topological polar surface area (TPSA) is 9.23 Å². The van der Waals surface area contributed by atoms with Gasteiger partial charge in [-0.3, -0.25) is 0 Å². The highest BCUT2D eigenvalue weighted by atomic mass is 35.5. The van der Waals surface area contributed by atoms with E-state index in [1.165, 1.54) is 12.1 Å². The predicted molar refractivity (Wildman–Crippen MR) is 117 cm³/mol. The molecule has 0 N–H and O–H groups in total. The largest absolute Gasteiger partial charge is 0.410 e. The minimum atomic E-state index is -1.83. The SMILES string of the molecule is CC[Si](CC)(CC)OC(CCCc1cc(F)cc(F)c1)c1c(C)cccc1Cl. The fourth-order valence-electron chi connectivity index (χ4n) is 3.86. The fourth-order valence-corrected chi connectivity index (χ4v) is 7.05. The second-order valence-electron chi connectivity index (χ2n) is 7.49. The van der Waals surface area contributed by atoms with Gasteiger partial charge in [0.05, 0.1) is 6.10 Å². The third-order valence-electron chi connectivity index (χ3n) is 5.77. The Hall–Kier alpha value is -1.23. The van der Waals surface area contributed by atoms with Crippen LogP contribution in [0, 0.1) is 18.6 Å². The van der Waals surface area contributed by atoms with Crippen LogP contribution in [-0.2, 0) is 10.8 Å². The van der Waals surface area contributed by atoms with E-state index in [4.69, 9.17) is 16.0 Å². The van der Waals surface area contributed by atoms with Crippen LogP contribution in [0.1, 0.15) is 56.4 Å². The van der Waals surface area contributed by atoms with E-state index in [0.29, 0.717) is 12.0 Å². The zero-order chi connectivity index (χ0) is 20.7. The first kappa shape index (κ1) is 23.0. The maximum absolute atomic E-state index is 13.5. The van der Waals surface area contributed by atoms with Gasteiger partial charge in [-0.05, 0) is 73.6 Å². The number of hydrogen-bond acceptors (Lipinski definition) is 1. The van der Waals surface area contributed by atoms with E-state index >= 15 is 0 Å². The van der Waals surface area contributed by atoms with E-state index in [2.05, 4.69) is 33.8 Å². The number of hydrogen-bond donors (Lipinski definition) is 0. The van der Waals surface area contributed by atoms with E-state index in [0.717, 1.165) is 53.2 Å². The van der Waals surface area contributed by atoms with Gasteiger partial charge < -0.3 is 4.43 Å². The Bertz CT molecular complexity index is 728.